The lowest BCUT2D eigenvalue weighted by atomic mass is 10.1. The van der Waals surface area contributed by atoms with Gasteiger partial charge in [0.1, 0.15) is 0 Å². The van der Waals surface area contributed by atoms with Crippen LogP contribution in [0.3, 0.4) is 0 Å². The van der Waals surface area contributed by atoms with Crippen molar-refractivity contribution in [1.82, 2.24) is 29.9 Å². The molecule has 0 radical (unpaired) electrons. The summed E-state index contributed by atoms with van der Waals surface area (Å²) in [5.41, 5.74) is 6.69. The molecule has 3 heterocycles. The third kappa shape index (κ3) is 4.48. The summed E-state index contributed by atoms with van der Waals surface area (Å²) >= 11 is 0. The molecule has 0 aliphatic carbocycles. The summed E-state index contributed by atoms with van der Waals surface area (Å²) in [6, 6.07) is 0.307. The van der Waals surface area contributed by atoms with Gasteiger partial charge in [-0.3, -0.25) is 14.4 Å². The minimum atomic E-state index is 0.307. The fourth-order valence-electron chi connectivity index (χ4n) is 3.22. The molecule has 3 rings (SSSR count). The number of hydrazone groups is 1. The van der Waals surface area contributed by atoms with Gasteiger partial charge in [0.05, 0.1) is 23.3 Å². The van der Waals surface area contributed by atoms with Gasteiger partial charge in [0.25, 0.3) is 0 Å². The molecule has 0 amide bonds. The topological polar surface area (TPSA) is 63.3 Å². The molecule has 27 heavy (non-hydrogen) atoms. The van der Waals surface area contributed by atoms with Gasteiger partial charge < -0.3 is 5.32 Å². The molecule has 0 spiro atoms. The van der Waals surface area contributed by atoms with E-state index in [2.05, 4.69) is 53.4 Å². The highest BCUT2D eigenvalue weighted by molar-refractivity contribution is 5.86. The Morgan fingerprint density at radius 1 is 1.22 bits per heavy atom. The monoisotopic (exact) mass is 367 g/mol. The Morgan fingerprint density at radius 2 is 2.00 bits per heavy atom. The lowest BCUT2D eigenvalue weighted by molar-refractivity contribution is 0.306. The molecule has 7 nitrogen and oxygen atoms in total. The molecular formula is C20H29N7. The molecule has 0 unspecified atom stereocenters. The van der Waals surface area contributed by atoms with E-state index in [0.29, 0.717) is 12.6 Å². The van der Waals surface area contributed by atoms with Crippen molar-refractivity contribution >= 4 is 11.8 Å². The summed E-state index contributed by atoms with van der Waals surface area (Å²) in [5, 5.41) is 19.1. The van der Waals surface area contributed by atoms with Crippen LogP contribution >= 0.6 is 0 Å². The van der Waals surface area contributed by atoms with E-state index in [9.17, 15) is 0 Å². The number of rotatable bonds is 6. The molecule has 1 aliphatic heterocycles. The maximum absolute atomic E-state index is 4.71. The molecule has 0 aromatic carbocycles. The number of aryl methyl sites for hydroxylation is 3. The molecule has 1 aliphatic rings. The lowest BCUT2D eigenvalue weighted by Gasteiger charge is -2.23. The maximum atomic E-state index is 4.71. The van der Waals surface area contributed by atoms with Gasteiger partial charge in [-0.2, -0.15) is 15.3 Å². The van der Waals surface area contributed by atoms with Crippen LogP contribution in [0, 0.1) is 6.92 Å². The molecule has 0 saturated carbocycles. The van der Waals surface area contributed by atoms with Crippen molar-refractivity contribution in [1.29, 1.82) is 0 Å². The first-order chi connectivity index (χ1) is 12.8. The third-order valence-corrected chi connectivity index (χ3v) is 4.50. The van der Waals surface area contributed by atoms with E-state index in [0.717, 1.165) is 34.7 Å². The molecule has 0 fully saturated rings. The number of hydrogen-bond acceptors (Lipinski definition) is 5. The van der Waals surface area contributed by atoms with Gasteiger partial charge in [0.15, 0.2) is 0 Å². The van der Waals surface area contributed by atoms with E-state index in [-0.39, 0.29) is 0 Å². The molecule has 7 heteroatoms. The van der Waals surface area contributed by atoms with E-state index in [4.69, 9.17) is 5.10 Å². The Bertz CT molecular complexity index is 895. The van der Waals surface area contributed by atoms with Crippen molar-refractivity contribution < 1.29 is 0 Å². The first kappa shape index (κ1) is 18.9. The van der Waals surface area contributed by atoms with E-state index >= 15 is 0 Å². The number of nitrogens with zero attached hydrogens (tertiary/aromatic N) is 6. The summed E-state index contributed by atoms with van der Waals surface area (Å²) in [7, 11) is 3.88. The molecule has 2 aromatic heterocycles. The summed E-state index contributed by atoms with van der Waals surface area (Å²) in [4.78, 5) is 0. The zero-order valence-electron chi connectivity index (χ0n) is 17.1. The average Bonchev–Trinajstić information content (AvgIpc) is 3.27. The minimum Gasteiger partial charge on any atom is -0.379 e. The van der Waals surface area contributed by atoms with Crippen molar-refractivity contribution in [3.63, 3.8) is 0 Å². The van der Waals surface area contributed by atoms with Crippen LogP contribution in [0.4, 0.5) is 0 Å². The minimum absolute atomic E-state index is 0.307. The summed E-state index contributed by atoms with van der Waals surface area (Å²) < 4.78 is 3.66. The molecule has 0 saturated heterocycles. The van der Waals surface area contributed by atoms with E-state index in [1.165, 1.54) is 5.70 Å². The van der Waals surface area contributed by atoms with E-state index in [1.54, 1.807) is 0 Å². The quantitative estimate of drug-likeness (QED) is 0.853. The van der Waals surface area contributed by atoms with Crippen LogP contribution in [0.25, 0.3) is 6.08 Å². The standard InChI is InChI=1S/C20H29N7/c1-14(2)27-20(9-15(3)23-27)19(21-10-17-11-22-25(5)12-17)8-7-18-13-26(6)24-16(18)4/h7-8,11-14,21H,9-10H2,1-6H3/b8-7+,20-19-. The first-order valence-electron chi connectivity index (χ1n) is 9.29. The Kier molecular flexibility index (Phi) is 5.48. The van der Waals surface area contributed by atoms with Gasteiger partial charge >= 0.3 is 0 Å². The van der Waals surface area contributed by atoms with Crippen LogP contribution in [0.5, 0.6) is 0 Å². The van der Waals surface area contributed by atoms with E-state index in [1.807, 2.05) is 49.0 Å². The van der Waals surface area contributed by atoms with Crippen molar-refractivity contribution in [2.45, 2.75) is 46.7 Å². The highest BCUT2D eigenvalue weighted by atomic mass is 15.5. The highest BCUT2D eigenvalue weighted by Crippen LogP contribution is 2.25. The van der Waals surface area contributed by atoms with Crippen LogP contribution < -0.4 is 5.32 Å². The van der Waals surface area contributed by atoms with Crippen LogP contribution in [0.1, 0.15) is 44.0 Å². The average molecular weight is 368 g/mol. The fourth-order valence-corrected chi connectivity index (χ4v) is 3.22. The summed E-state index contributed by atoms with van der Waals surface area (Å²) in [5.74, 6) is 0. The van der Waals surface area contributed by atoms with Crippen molar-refractivity contribution in [3.8, 4) is 0 Å². The highest BCUT2D eigenvalue weighted by Gasteiger charge is 2.23. The normalized spacial score (nSPS) is 16.6. The fraction of sp³-hybridized carbons (Fsp3) is 0.450. The molecular weight excluding hydrogens is 338 g/mol. The van der Waals surface area contributed by atoms with Gasteiger partial charge in [0.2, 0.25) is 0 Å². The Balaban J connectivity index is 1.90. The smallest absolute Gasteiger partial charge is 0.0665 e. The van der Waals surface area contributed by atoms with Crippen molar-refractivity contribution in [2.75, 3.05) is 0 Å². The van der Waals surface area contributed by atoms with Crippen molar-refractivity contribution in [3.05, 3.63) is 52.9 Å². The largest absolute Gasteiger partial charge is 0.379 e. The second kappa shape index (κ2) is 7.82. The molecule has 0 atom stereocenters. The van der Waals surface area contributed by atoms with Crippen LogP contribution in [0.15, 0.2) is 41.2 Å². The van der Waals surface area contributed by atoms with Crippen molar-refractivity contribution in [2.24, 2.45) is 19.2 Å². The van der Waals surface area contributed by atoms with E-state index < -0.39 is 0 Å². The zero-order chi connectivity index (χ0) is 19.6. The number of nitrogens with one attached hydrogen (secondary N) is 1. The van der Waals surface area contributed by atoms with Crippen LogP contribution in [-0.4, -0.2) is 36.3 Å². The second-order valence-electron chi connectivity index (χ2n) is 7.36. The zero-order valence-corrected chi connectivity index (χ0v) is 17.1. The molecule has 1 N–H and O–H groups in total. The number of allylic oxidation sites excluding steroid dienone is 2. The maximum Gasteiger partial charge on any atom is 0.0665 e. The summed E-state index contributed by atoms with van der Waals surface area (Å²) in [6.45, 7) is 9.15. The summed E-state index contributed by atoms with van der Waals surface area (Å²) in [6.07, 6.45) is 11.1. The Labute approximate surface area is 161 Å². The van der Waals surface area contributed by atoms with Gasteiger partial charge in [0, 0.05) is 62.3 Å². The number of aromatic nitrogens is 4. The predicted octanol–water partition coefficient (Wildman–Crippen LogP) is 2.97. The lowest BCUT2D eigenvalue weighted by Crippen LogP contribution is -2.25. The van der Waals surface area contributed by atoms with Gasteiger partial charge in [-0.25, -0.2) is 0 Å². The van der Waals surface area contributed by atoms with Gasteiger partial charge in [-0.1, -0.05) is 0 Å². The SMILES string of the molecule is CC1=NN(C(C)C)/C(=C(/C=C/c2cn(C)nc2C)NCc2cnn(C)c2)C1. The third-order valence-electron chi connectivity index (χ3n) is 4.50. The number of hydrogen-bond donors (Lipinski definition) is 1. The van der Waals surface area contributed by atoms with Gasteiger partial charge in [-0.15, -0.1) is 0 Å². The Morgan fingerprint density at radius 3 is 2.59 bits per heavy atom. The molecule has 0 bridgehead atoms. The molecule has 2 aromatic rings. The first-order valence-corrected chi connectivity index (χ1v) is 9.29. The predicted molar refractivity (Wildman–Crippen MR) is 109 cm³/mol. The Hall–Kier alpha value is -2.83. The molecule has 144 valence electrons. The van der Waals surface area contributed by atoms with Crippen LogP contribution in [-0.2, 0) is 20.6 Å². The second-order valence-corrected chi connectivity index (χ2v) is 7.36. The van der Waals surface area contributed by atoms with Gasteiger partial charge in [-0.05, 0) is 39.8 Å². The van der Waals surface area contributed by atoms with Crippen LogP contribution in [0.2, 0.25) is 0 Å².